The first-order chi connectivity index (χ1) is 7.15. The second kappa shape index (κ2) is 4.33. The fraction of sp³-hybridized carbons (Fsp3) is 0.538. The Morgan fingerprint density at radius 3 is 2.80 bits per heavy atom. The minimum atomic E-state index is 0.343. The fourth-order valence-corrected chi connectivity index (χ4v) is 2.48. The lowest BCUT2D eigenvalue weighted by Gasteiger charge is -2.14. The normalized spacial score (nSPS) is 27.1. The maximum atomic E-state index is 6.11. The molecule has 0 bridgehead atoms. The van der Waals surface area contributed by atoms with Crippen LogP contribution in [0.25, 0.3) is 0 Å². The first-order valence-corrected chi connectivity index (χ1v) is 5.65. The highest BCUT2D eigenvalue weighted by Crippen LogP contribution is 2.19. The van der Waals surface area contributed by atoms with E-state index in [1.54, 1.807) is 0 Å². The van der Waals surface area contributed by atoms with Gasteiger partial charge >= 0.3 is 0 Å². The SMILES string of the molecule is Cc1cccc(CC2CN(C)CC2N)c1. The summed E-state index contributed by atoms with van der Waals surface area (Å²) in [6.07, 6.45) is 1.12. The minimum Gasteiger partial charge on any atom is -0.326 e. The monoisotopic (exact) mass is 204 g/mol. The van der Waals surface area contributed by atoms with Gasteiger partial charge in [-0.05, 0) is 31.9 Å². The molecule has 0 saturated carbocycles. The summed E-state index contributed by atoms with van der Waals surface area (Å²) in [6.45, 7) is 4.32. The van der Waals surface area contributed by atoms with Crippen molar-refractivity contribution in [2.45, 2.75) is 19.4 Å². The molecule has 1 aromatic rings. The van der Waals surface area contributed by atoms with Crippen molar-refractivity contribution in [3.05, 3.63) is 35.4 Å². The topological polar surface area (TPSA) is 29.3 Å². The average molecular weight is 204 g/mol. The number of likely N-dealkylation sites (N-methyl/N-ethyl adjacent to an activating group) is 1. The van der Waals surface area contributed by atoms with Crippen LogP contribution >= 0.6 is 0 Å². The van der Waals surface area contributed by atoms with Crippen LogP contribution in [0, 0.1) is 12.8 Å². The highest BCUT2D eigenvalue weighted by molar-refractivity contribution is 5.23. The smallest absolute Gasteiger partial charge is 0.0211 e. The van der Waals surface area contributed by atoms with Crippen molar-refractivity contribution in [2.75, 3.05) is 20.1 Å². The van der Waals surface area contributed by atoms with Crippen molar-refractivity contribution < 1.29 is 0 Å². The summed E-state index contributed by atoms with van der Waals surface area (Å²) >= 11 is 0. The molecule has 1 fully saturated rings. The molecule has 0 spiro atoms. The van der Waals surface area contributed by atoms with E-state index in [1.165, 1.54) is 11.1 Å². The van der Waals surface area contributed by atoms with Gasteiger partial charge in [-0.2, -0.15) is 0 Å². The first-order valence-electron chi connectivity index (χ1n) is 5.65. The number of benzene rings is 1. The summed E-state index contributed by atoms with van der Waals surface area (Å²) < 4.78 is 0. The van der Waals surface area contributed by atoms with Gasteiger partial charge in [-0.3, -0.25) is 0 Å². The second-order valence-corrected chi connectivity index (χ2v) is 4.84. The molecule has 1 aromatic carbocycles. The van der Waals surface area contributed by atoms with E-state index >= 15 is 0 Å². The van der Waals surface area contributed by atoms with Crippen molar-refractivity contribution >= 4 is 0 Å². The van der Waals surface area contributed by atoms with Crippen LogP contribution in [0.5, 0.6) is 0 Å². The number of aryl methyl sites for hydroxylation is 1. The van der Waals surface area contributed by atoms with Crippen LogP contribution in [0.2, 0.25) is 0 Å². The van der Waals surface area contributed by atoms with Crippen LogP contribution in [0.15, 0.2) is 24.3 Å². The van der Waals surface area contributed by atoms with Crippen molar-refractivity contribution in [3.8, 4) is 0 Å². The number of nitrogens with zero attached hydrogens (tertiary/aromatic N) is 1. The predicted octanol–water partition coefficient (Wildman–Crippen LogP) is 1.43. The molecule has 15 heavy (non-hydrogen) atoms. The maximum absolute atomic E-state index is 6.11. The van der Waals surface area contributed by atoms with Gasteiger partial charge in [-0.25, -0.2) is 0 Å². The third-order valence-electron chi connectivity index (χ3n) is 3.25. The van der Waals surface area contributed by atoms with Crippen LogP contribution < -0.4 is 5.73 Å². The molecular formula is C13H20N2. The van der Waals surface area contributed by atoms with Gasteiger partial charge < -0.3 is 10.6 Å². The molecule has 2 N–H and O–H groups in total. The summed E-state index contributed by atoms with van der Waals surface area (Å²) in [7, 11) is 2.15. The lowest BCUT2D eigenvalue weighted by atomic mass is 9.95. The summed E-state index contributed by atoms with van der Waals surface area (Å²) in [5.41, 5.74) is 8.88. The van der Waals surface area contributed by atoms with Crippen molar-refractivity contribution in [1.82, 2.24) is 4.90 Å². The largest absolute Gasteiger partial charge is 0.326 e. The molecule has 0 amide bonds. The Balaban J connectivity index is 2.03. The predicted molar refractivity (Wildman–Crippen MR) is 63.8 cm³/mol. The summed E-state index contributed by atoms with van der Waals surface area (Å²) in [5.74, 6) is 0.622. The van der Waals surface area contributed by atoms with E-state index in [0.29, 0.717) is 12.0 Å². The zero-order chi connectivity index (χ0) is 10.8. The van der Waals surface area contributed by atoms with Crippen LogP contribution in [0.4, 0.5) is 0 Å². The molecule has 2 atom stereocenters. The van der Waals surface area contributed by atoms with E-state index in [2.05, 4.69) is 43.1 Å². The fourth-order valence-electron chi connectivity index (χ4n) is 2.48. The molecule has 82 valence electrons. The summed E-state index contributed by atoms with van der Waals surface area (Å²) in [4.78, 5) is 2.32. The quantitative estimate of drug-likeness (QED) is 0.789. The van der Waals surface area contributed by atoms with Crippen molar-refractivity contribution in [1.29, 1.82) is 0 Å². The lowest BCUT2D eigenvalue weighted by molar-refractivity contribution is 0.394. The van der Waals surface area contributed by atoms with Crippen LogP contribution in [0.3, 0.4) is 0 Å². The Hall–Kier alpha value is -0.860. The van der Waals surface area contributed by atoms with E-state index in [4.69, 9.17) is 5.73 Å². The molecule has 0 radical (unpaired) electrons. The Labute approximate surface area is 92.1 Å². The zero-order valence-electron chi connectivity index (χ0n) is 9.61. The molecule has 0 aromatic heterocycles. The summed E-state index contributed by atoms with van der Waals surface area (Å²) in [5, 5.41) is 0. The molecule has 2 heteroatoms. The van der Waals surface area contributed by atoms with Crippen LogP contribution in [-0.4, -0.2) is 31.1 Å². The van der Waals surface area contributed by atoms with E-state index in [0.717, 1.165) is 19.5 Å². The first kappa shape index (κ1) is 10.7. The van der Waals surface area contributed by atoms with Crippen LogP contribution in [0.1, 0.15) is 11.1 Å². The van der Waals surface area contributed by atoms with E-state index in [9.17, 15) is 0 Å². The number of rotatable bonds is 2. The maximum Gasteiger partial charge on any atom is 0.0211 e. The van der Waals surface area contributed by atoms with Gasteiger partial charge in [0.2, 0.25) is 0 Å². The van der Waals surface area contributed by atoms with Crippen molar-refractivity contribution in [2.24, 2.45) is 11.7 Å². The van der Waals surface area contributed by atoms with Gasteiger partial charge in [0.1, 0.15) is 0 Å². The number of nitrogens with two attached hydrogens (primary N) is 1. The molecule has 1 heterocycles. The standard InChI is InChI=1S/C13H20N2/c1-10-4-3-5-11(6-10)7-12-8-15(2)9-13(12)14/h3-6,12-13H,7-9,14H2,1-2H3. The third-order valence-corrected chi connectivity index (χ3v) is 3.25. The molecule has 2 nitrogen and oxygen atoms in total. The Morgan fingerprint density at radius 1 is 1.40 bits per heavy atom. The van der Waals surface area contributed by atoms with Gasteiger partial charge in [-0.15, -0.1) is 0 Å². The van der Waals surface area contributed by atoms with Gasteiger partial charge in [0, 0.05) is 19.1 Å². The van der Waals surface area contributed by atoms with Gasteiger partial charge in [0.15, 0.2) is 0 Å². The Morgan fingerprint density at radius 2 is 2.20 bits per heavy atom. The van der Waals surface area contributed by atoms with Gasteiger partial charge in [0.25, 0.3) is 0 Å². The molecule has 1 aliphatic heterocycles. The minimum absolute atomic E-state index is 0.343. The molecule has 2 unspecified atom stereocenters. The second-order valence-electron chi connectivity index (χ2n) is 4.84. The Kier molecular flexibility index (Phi) is 3.08. The highest BCUT2D eigenvalue weighted by Gasteiger charge is 2.27. The number of likely N-dealkylation sites (tertiary alicyclic amines) is 1. The van der Waals surface area contributed by atoms with E-state index in [1.807, 2.05) is 0 Å². The Bertz CT molecular complexity index is 335. The van der Waals surface area contributed by atoms with Crippen molar-refractivity contribution in [3.63, 3.8) is 0 Å². The van der Waals surface area contributed by atoms with E-state index < -0.39 is 0 Å². The average Bonchev–Trinajstić information content (AvgIpc) is 2.45. The summed E-state index contributed by atoms with van der Waals surface area (Å²) in [6, 6.07) is 9.10. The van der Waals surface area contributed by atoms with Gasteiger partial charge in [0.05, 0.1) is 0 Å². The molecule has 1 aliphatic rings. The molecule has 2 rings (SSSR count). The number of hydrogen-bond acceptors (Lipinski definition) is 2. The van der Waals surface area contributed by atoms with Gasteiger partial charge in [-0.1, -0.05) is 29.8 Å². The van der Waals surface area contributed by atoms with Crippen LogP contribution in [-0.2, 0) is 6.42 Å². The highest BCUT2D eigenvalue weighted by atomic mass is 15.1. The van der Waals surface area contributed by atoms with E-state index in [-0.39, 0.29) is 0 Å². The lowest BCUT2D eigenvalue weighted by Crippen LogP contribution is -2.30. The zero-order valence-corrected chi connectivity index (χ0v) is 9.61. The molecule has 0 aliphatic carbocycles. The molecular weight excluding hydrogens is 184 g/mol. The third kappa shape index (κ3) is 2.58. The number of hydrogen-bond donors (Lipinski definition) is 1. The molecule has 1 saturated heterocycles.